The second kappa shape index (κ2) is 7.04. The van der Waals surface area contributed by atoms with E-state index < -0.39 is 0 Å². The molecule has 0 saturated carbocycles. The molecule has 1 fully saturated rings. The third-order valence-corrected chi connectivity index (χ3v) is 4.20. The van der Waals surface area contributed by atoms with Crippen LogP contribution in [0.25, 0.3) is 0 Å². The minimum Gasteiger partial charge on any atom is -0.368 e. The summed E-state index contributed by atoms with van der Waals surface area (Å²) in [4.78, 5) is 4.82. The van der Waals surface area contributed by atoms with Crippen LogP contribution in [-0.4, -0.2) is 44.2 Å². The van der Waals surface area contributed by atoms with Crippen LogP contribution in [-0.2, 0) is 6.54 Å². The Morgan fingerprint density at radius 3 is 2.80 bits per heavy atom. The average molecular weight is 279 g/mol. The SMILES string of the molecule is CCNCc1cc(F)ccc1N1CCN(C)C(CC)C1. The van der Waals surface area contributed by atoms with Crippen molar-refractivity contribution in [3.63, 3.8) is 0 Å². The molecule has 1 aromatic carbocycles. The number of benzene rings is 1. The molecule has 2 rings (SSSR count). The van der Waals surface area contributed by atoms with Crippen molar-refractivity contribution in [2.24, 2.45) is 0 Å². The molecule has 3 nitrogen and oxygen atoms in total. The zero-order valence-electron chi connectivity index (χ0n) is 12.8. The largest absolute Gasteiger partial charge is 0.368 e. The lowest BCUT2D eigenvalue weighted by Gasteiger charge is -2.41. The number of rotatable bonds is 5. The number of piperazine rings is 1. The van der Waals surface area contributed by atoms with Crippen molar-refractivity contribution in [2.75, 3.05) is 38.1 Å². The minimum atomic E-state index is -0.150. The summed E-state index contributed by atoms with van der Waals surface area (Å²) >= 11 is 0. The summed E-state index contributed by atoms with van der Waals surface area (Å²) < 4.78 is 13.5. The Kier molecular flexibility index (Phi) is 5.38. The number of anilines is 1. The number of nitrogens with one attached hydrogen (secondary N) is 1. The van der Waals surface area contributed by atoms with Gasteiger partial charge in [-0.1, -0.05) is 13.8 Å². The van der Waals surface area contributed by atoms with Crippen molar-refractivity contribution in [3.8, 4) is 0 Å². The van der Waals surface area contributed by atoms with E-state index in [4.69, 9.17) is 0 Å². The minimum absolute atomic E-state index is 0.150. The number of halogens is 1. The summed E-state index contributed by atoms with van der Waals surface area (Å²) in [5, 5.41) is 3.30. The fourth-order valence-electron chi connectivity index (χ4n) is 2.87. The standard InChI is InChI=1S/C16H26FN3/c1-4-15-12-20(9-8-19(15)3)16-7-6-14(17)10-13(16)11-18-5-2/h6-7,10,15,18H,4-5,8-9,11-12H2,1-3H3. The molecule has 1 aromatic rings. The molecule has 1 atom stereocenters. The molecule has 4 heteroatoms. The summed E-state index contributed by atoms with van der Waals surface area (Å²) in [7, 11) is 2.19. The van der Waals surface area contributed by atoms with E-state index in [-0.39, 0.29) is 5.82 Å². The average Bonchev–Trinajstić information content (AvgIpc) is 2.46. The van der Waals surface area contributed by atoms with Crippen LogP contribution >= 0.6 is 0 Å². The van der Waals surface area contributed by atoms with E-state index in [0.29, 0.717) is 6.04 Å². The Morgan fingerprint density at radius 1 is 1.30 bits per heavy atom. The van der Waals surface area contributed by atoms with Crippen LogP contribution in [0.1, 0.15) is 25.8 Å². The molecule has 112 valence electrons. The molecular formula is C16H26FN3. The predicted molar refractivity (Wildman–Crippen MR) is 82.7 cm³/mol. The molecule has 0 bridgehead atoms. The molecule has 0 spiro atoms. The first-order valence-corrected chi connectivity index (χ1v) is 7.60. The van der Waals surface area contributed by atoms with Crippen LogP contribution < -0.4 is 10.2 Å². The molecular weight excluding hydrogens is 253 g/mol. The van der Waals surface area contributed by atoms with Crippen LogP contribution in [0.2, 0.25) is 0 Å². The van der Waals surface area contributed by atoms with Gasteiger partial charge in [0.2, 0.25) is 0 Å². The Labute approximate surface area is 121 Å². The van der Waals surface area contributed by atoms with Crippen molar-refractivity contribution >= 4 is 5.69 Å². The second-order valence-corrected chi connectivity index (χ2v) is 5.54. The van der Waals surface area contributed by atoms with E-state index in [9.17, 15) is 4.39 Å². The lowest BCUT2D eigenvalue weighted by molar-refractivity contribution is 0.213. The van der Waals surface area contributed by atoms with Gasteiger partial charge in [0.05, 0.1) is 0 Å². The van der Waals surface area contributed by atoms with E-state index in [0.717, 1.165) is 44.7 Å². The Balaban J connectivity index is 2.18. The zero-order valence-corrected chi connectivity index (χ0v) is 12.8. The smallest absolute Gasteiger partial charge is 0.123 e. The second-order valence-electron chi connectivity index (χ2n) is 5.54. The maximum absolute atomic E-state index is 13.5. The van der Waals surface area contributed by atoms with Crippen molar-refractivity contribution in [1.82, 2.24) is 10.2 Å². The van der Waals surface area contributed by atoms with Gasteiger partial charge in [-0.2, -0.15) is 0 Å². The van der Waals surface area contributed by atoms with Gasteiger partial charge in [-0.05, 0) is 43.8 Å². The topological polar surface area (TPSA) is 18.5 Å². The fourth-order valence-corrected chi connectivity index (χ4v) is 2.87. The maximum atomic E-state index is 13.5. The highest BCUT2D eigenvalue weighted by Gasteiger charge is 2.24. The molecule has 1 saturated heterocycles. The quantitative estimate of drug-likeness (QED) is 0.893. The van der Waals surface area contributed by atoms with Gasteiger partial charge in [0.25, 0.3) is 0 Å². The van der Waals surface area contributed by atoms with Gasteiger partial charge in [0, 0.05) is 37.9 Å². The van der Waals surface area contributed by atoms with Crippen LogP contribution in [0.4, 0.5) is 10.1 Å². The normalized spacial score (nSPS) is 20.4. The number of hydrogen-bond acceptors (Lipinski definition) is 3. The Morgan fingerprint density at radius 2 is 2.10 bits per heavy atom. The third kappa shape index (κ3) is 3.49. The van der Waals surface area contributed by atoms with Gasteiger partial charge >= 0.3 is 0 Å². The molecule has 1 N–H and O–H groups in total. The first-order chi connectivity index (χ1) is 9.65. The lowest BCUT2D eigenvalue weighted by Crippen LogP contribution is -2.51. The highest BCUT2D eigenvalue weighted by atomic mass is 19.1. The zero-order chi connectivity index (χ0) is 14.5. The van der Waals surface area contributed by atoms with Crippen LogP contribution in [0, 0.1) is 5.82 Å². The van der Waals surface area contributed by atoms with E-state index in [1.165, 1.54) is 5.69 Å². The van der Waals surface area contributed by atoms with Crippen molar-refractivity contribution in [3.05, 3.63) is 29.6 Å². The number of likely N-dealkylation sites (N-methyl/N-ethyl adjacent to an activating group) is 1. The fraction of sp³-hybridized carbons (Fsp3) is 0.625. The van der Waals surface area contributed by atoms with Gasteiger partial charge in [-0.15, -0.1) is 0 Å². The highest BCUT2D eigenvalue weighted by Crippen LogP contribution is 2.25. The maximum Gasteiger partial charge on any atom is 0.123 e. The molecule has 0 aromatic heterocycles. The lowest BCUT2D eigenvalue weighted by atomic mass is 10.1. The summed E-state index contributed by atoms with van der Waals surface area (Å²) in [6.07, 6.45) is 1.15. The highest BCUT2D eigenvalue weighted by molar-refractivity contribution is 5.54. The molecule has 0 radical (unpaired) electrons. The molecule has 1 aliphatic heterocycles. The van der Waals surface area contributed by atoms with Crippen molar-refractivity contribution in [1.29, 1.82) is 0 Å². The summed E-state index contributed by atoms with van der Waals surface area (Å²) in [5.41, 5.74) is 2.24. The molecule has 1 aliphatic rings. The summed E-state index contributed by atoms with van der Waals surface area (Å²) in [5.74, 6) is -0.150. The first-order valence-electron chi connectivity index (χ1n) is 7.60. The Hall–Kier alpha value is -1.13. The van der Waals surface area contributed by atoms with Crippen molar-refractivity contribution in [2.45, 2.75) is 32.9 Å². The summed E-state index contributed by atoms with van der Waals surface area (Å²) in [6, 6.07) is 5.75. The van der Waals surface area contributed by atoms with Gasteiger partial charge in [-0.25, -0.2) is 4.39 Å². The first kappa shape index (κ1) is 15.3. The molecule has 1 heterocycles. The van der Waals surface area contributed by atoms with Crippen LogP contribution in [0.15, 0.2) is 18.2 Å². The van der Waals surface area contributed by atoms with E-state index in [1.807, 2.05) is 6.07 Å². The molecule has 20 heavy (non-hydrogen) atoms. The molecule has 0 amide bonds. The molecule has 0 aliphatic carbocycles. The monoisotopic (exact) mass is 279 g/mol. The van der Waals surface area contributed by atoms with E-state index in [1.54, 1.807) is 12.1 Å². The summed E-state index contributed by atoms with van der Waals surface area (Å²) in [6.45, 7) is 9.03. The molecule has 1 unspecified atom stereocenters. The van der Waals surface area contributed by atoms with Gasteiger partial charge < -0.3 is 10.2 Å². The third-order valence-electron chi connectivity index (χ3n) is 4.20. The van der Waals surface area contributed by atoms with E-state index >= 15 is 0 Å². The predicted octanol–water partition coefficient (Wildman–Crippen LogP) is 2.47. The number of hydrogen-bond donors (Lipinski definition) is 1. The van der Waals surface area contributed by atoms with E-state index in [2.05, 4.69) is 36.0 Å². The number of nitrogens with zero attached hydrogens (tertiary/aromatic N) is 2. The van der Waals surface area contributed by atoms with Crippen molar-refractivity contribution < 1.29 is 4.39 Å². The van der Waals surface area contributed by atoms with Gasteiger partial charge in [-0.3, -0.25) is 4.90 Å². The van der Waals surface area contributed by atoms with Gasteiger partial charge in [0.15, 0.2) is 0 Å². The van der Waals surface area contributed by atoms with Crippen LogP contribution in [0.5, 0.6) is 0 Å². The van der Waals surface area contributed by atoms with Gasteiger partial charge in [0.1, 0.15) is 5.82 Å². The Bertz CT molecular complexity index is 436. The van der Waals surface area contributed by atoms with Crippen LogP contribution in [0.3, 0.4) is 0 Å².